The number of amides is 3. The van der Waals surface area contributed by atoms with Crippen LogP contribution in [0.2, 0.25) is 0 Å². The summed E-state index contributed by atoms with van der Waals surface area (Å²) in [5.41, 5.74) is 0.700. The van der Waals surface area contributed by atoms with E-state index in [1.165, 1.54) is 29.4 Å². The van der Waals surface area contributed by atoms with Gasteiger partial charge in [-0.2, -0.15) is 0 Å². The van der Waals surface area contributed by atoms with Gasteiger partial charge in [0.1, 0.15) is 47.5 Å². The fourth-order valence-corrected chi connectivity index (χ4v) is 9.44. The minimum Gasteiger partial charge on any atom is -0.488 e. The summed E-state index contributed by atoms with van der Waals surface area (Å²) in [6, 6.07) is 3.38. The second-order valence-electron chi connectivity index (χ2n) is 16.9. The molecule has 18 heteroatoms. The zero-order chi connectivity index (χ0) is 43.5. The van der Waals surface area contributed by atoms with Crippen molar-refractivity contribution in [2.75, 3.05) is 30.0 Å². The fraction of sp³-hybridized carbons (Fsp3) is 0.548. The molecule has 60 heavy (non-hydrogen) atoms. The van der Waals surface area contributed by atoms with E-state index in [4.69, 9.17) is 28.9 Å². The van der Waals surface area contributed by atoms with Gasteiger partial charge in [0.15, 0.2) is 11.7 Å². The minimum absolute atomic E-state index is 0.00229. The molecule has 3 heterocycles. The second-order valence-corrected chi connectivity index (χ2v) is 18.7. The summed E-state index contributed by atoms with van der Waals surface area (Å²) in [5.74, 6) is -1.69. The van der Waals surface area contributed by atoms with E-state index in [9.17, 15) is 29.1 Å². The van der Waals surface area contributed by atoms with Crippen molar-refractivity contribution in [3.8, 4) is 22.9 Å². The quantitative estimate of drug-likeness (QED) is 0.0545. The number of nitrogens with zero attached hydrogens (tertiary/aromatic N) is 3. The van der Waals surface area contributed by atoms with E-state index in [0.717, 1.165) is 19.3 Å². The number of likely N-dealkylation sites (tertiary alicyclic amines) is 1. The predicted molar refractivity (Wildman–Crippen MR) is 233 cm³/mol. The largest absolute Gasteiger partial charge is 0.488 e. The molecule has 1 saturated heterocycles. The Hall–Kier alpha value is -4.72. The van der Waals surface area contributed by atoms with Crippen LogP contribution in [0.15, 0.2) is 42.3 Å². The number of rotatable bonds is 17. The van der Waals surface area contributed by atoms with Crippen LogP contribution >= 0.6 is 33.9 Å². The van der Waals surface area contributed by atoms with Crippen molar-refractivity contribution in [1.29, 1.82) is 0 Å². The number of halogens is 1. The monoisotopic (exact) mass is 960 g/mol. The Morgan fingerprint density at radius 2 is 1.77 bits per heavy atom. The van der Waals surface area contributed by atoms with Gasteiger partial charge in [0.25, 0.3) is 0 Å². The SMILES string of the molecule is C=CC(CI)[C@@H](NC(=O)[C@@H]1C[C@@H](Oc2cc(-c3csc(NC(C)C)n3)nc3cc(OCC(=O)OC)ccc23)CN1C(=O)[C@@H](NC(=O)O[C@@H]1C[C@@H]2C[C@@H]2C1)C(C)(C)C)C(=O)O. The van der Waals surface area contributed by atoms with Crippen LogP contribution in [0.25, 0.3) is 22.3 Å². The highest BCUT2D eigenvalue weighted by molar-refractivity contribution is 14.1. The van der Waals surface area contributed by atoms with E-state index < -0.39 is 65.4 Å². The summed E-state index contributed by atoms with van der Waals surface area (Å²) in [6.45, 7) is 12.8. The number of nitrogens with one attached hydrogen (secondary N) is 3. The van der Waals surface area contributed by atoms with Gasteiger partial charge in [-0.3, -0.25) is 9.59 Å². The summed E-state index contributed by atoms with van der Waals surface area (Å²) in [4.78, 5) is 77.4. The van der Waals surface area contributed by atoms with Gasteiger partial charge in [-0.25, -0.2) is 24.4 Å². The van der Waals surface area contributed by atoms with Crippen molar-refractivity contribution in [2.45, 2.75) is 96.7 Å². The molecule has 16 nitrogen and oxygen atoms in total. The Labute approximate surface area is 366 Å². The molecule has 3 aliphatic rings. The first-order chi connectivity index (χ1) is 28.5. The summed E-state index contributed by atoms with van der Waals surface area (Å²) in [6.07, 6.45) is 2.56. The van der Waals surface area contributed by atoms with Crippen LogP contribution in [-0.4, -0.2) is 111 Å². The zero-order valence-corrected chi connectivity index (χ0v) is 37.5. The highest BCUT2D eigenvalue weighted by Gasteiger charge is 2.49. The molecule has 2 aliphatic carbocycles. The van der Waals surface area contributed by atoms with Crippen LogP contribution in [0.5, 0.6) is 11.5 Å². The smallest absolute Gasteiger partial charge is 0.408 e. The maximum Gasteiger partial charge on any atom is 0.408 e. The number of methoxy groups -OCH3 is 1. The summed E-state index contributed by atoms with van der Waals surface area (Å²) < 4.78 is 23.2. The van der Waals surface area contributed by atoms with E-state index >= 15 is 0 Å². The number of carboxylic acid groups (broad SMARTS) is 1. The average Bonchev–Trinajstić information content (AvgIpc) is 3.50. The lowest BCUT2D eigenvalue weighted by Gasteiger charge is -2.35. The molecule has 0 bridgehead atoms. The number of aliphatic carboxylic acids is 1. The average molecular weight is 961 g/mol. The predicted octanol–water partition coefficient (Wildman–Crippen LogP) is 5.82. The Balaban J connectivity index is 1.33. The van der Waals surface area contributed by atoms with Gasteiger partial charge in [-0.15, -0.1) is 17.9 Å². The Bertz CT molecular complexity index is 2100. The molecule has 8 atom stereocenters. The number of ether oxygens (including phenoxy) is 4. The van der Waals surface area contributed by atoms with Crippen molar-refractivity contribution >= 4 is 79.8 Å². The zero-order valence-electron chi connectivity index (χ0n) is 34.6. The molecule has 1 aromatic carbocycles. The van der Waals surface area contributed by atoms with Crippen molar-refractivity contribution in [1.82, 2.24) is 25.5 Å². The van der Waals surface area contributed by atoms with Crippen LogP contribution in [0, 0.1) is 23.2 Å². The van der Waals surface area contributed by atoms with Crippen LogP contribution in [0.1, 0.15) is 60.3 Å². The molecule has 6 rings (SSSR count). The number of pyridine rings is 1. The lowest BCUT2D eigenvalue weighted by Crippen LogP contribution is -2.59. The van der Waals surface area contributed by atoms with E-state index in [2.05, 4.69) is 22.5 Å². The lowest BCUT2D eigenvalue weighted by atomic mass is 9.85. The number of anilines is 1. The van der Waals surface area contributed by atoms with Crippen LogP contribution in [0.4, 0.5) is 9.93 Å². The summed E-state index contributed by atoms with van der Waals surface area (Å²) in [7, 11) is 1.27. The second kappa shape index (κ2) is 18.9. The van der Waals surface area contributed by atoms with E-state index in [1.807, 2.05) is 62.6 Å². The topological polar surface area (TPSA) is 208 Å². The number of alkyl carbamates (subject to hydrolysis) is 1. The maximum absolute atomic E-state index is 14.7. The van der Waals surface area contributed by atoms with E-state index in [1.54, 1.807) is 24.3 Å². The molecule has 4 N–H and O–H groups in total. The molecule has 1 unspecified atom stereocenters. The van der Waals surface area contributed by atoms with Gasteiger partial charge >= 0.3 is 18.0 Å². The van der Waals surface area contributed by atoms with Gasteiger partial charge in [-0.05, 0) is 62.5 Å². The standard InChI is InChI=1S/C42H53IN6O10S/c1-8-22(17-43)35(39(53)54)47-37(51)32-15-27(18-49(32)38(52)36(42(4,5)6)48-41(55)59-26-12-23-11-24(23)13-26)58-33-16-30(31-20-60-40(46-31)44-21(2)3)45-29-14-25(9-10-28(29)33)57-19-34(50)56-7/h8-10,14,16,20-24,26-27,32,35-36H,1,11-13,15,17-19H2,2-7H3,(H,44,46)(H,47,51)(H,48,55)(H,53,54)/t22?,23-,24+,26+,27-,32+,35-,36-/m1/s1. The third-order valence-electron chi connectivity index (χ3n) is 11.0. The first-order valence-corrected chi connectivity index (χ1v) is 22.4. The molecule has 0 spiro atoms. The number of carbonyl (C=O) groups excluding carboxylic acids is 4. The molecule has 3 aromatic rings. The number of fused-ring (bicyclic) bond motifs is 2. The van der Waals surface area contributed by atoms with Crippen molar-refractivity contribution in [3.63, 3.8) is 0 Å². The van der Waals surface area contributed by atoms with Crippen LogP contribution in [-0.2, 0) is 28.7 Å². The molecule has 324 valence electrons. The Morgan fingerprint density at radius 1 is 1.03 bits per heavy atom. The number of alkyl halides is 1. The third-order valence-corrected chi connectivity index (χ3v) is 12.8. The normalized spacial score (nSPS) is 22.3. The number of aromatic nitrogens is 2. The summed E-state index contributed by atoms with van der Waals surface area (Å²) >= 11 is 3.46. The van der Waals surface area contributed by atoms with Crippen LogP contribution < -0.4 is 25.4 Å². The number of benzene rings is 1. The number of hydrogen-bond acceptors (Lipinski definition) is 13. The molecule has 3 fully saturated rings. The van der Waals surface area contributed by atoms with Gasteiger partial charge in [0.05, 0.1) is 24.9 Å². The van der Waals surface area contributed by atoms with Crippen molar-refractivity contribution < 1.29 is 48.0 Å². The molecule has 2 saturated carbocycles. The highest BCUT2D eigenvalue weighted by atomic mass is 127. The minimum atomic E-state index is -1.30. The first kappa shape index (κ1) is 44.8. The number of carbonyl (C=O) groups is 5. The Morgan fingerprint density at radius 3 is 2.40 bits per heavy atom. The van der Waals surface area contributed by atoms with Crippen LogP contribution in [0.3, 0.4) is 0 Å². The number of hydrogen-bond donors (Lipinski definition) is 4. The van der Waals surface area contributed by atoms with Crippen molar-refractivity contribution in [3.05, 3.63) is 42.3 Å². The molecule has 2 aromatic heterocycles. The molecule has 3 amide bonds. The molecular weight excluding hydrogens is 907 g/mol. The molecular formula is C42H53IN6O10S. The number of thiazole rings is 1. The van der Waals surface area contributed by atoms with E-state index in [0.29, 0.717) is 55.2 Å². The summed E-state index contributed by atoms with van der Waals surface area (Å²) in [5, 5.41) is 22.0. The molecule has 0 radical (unpaired) electrons. The molecule has 1 aliphatic heterocycles. The fourth-order valence-electron chi connectivity index (χ4n) is 7.72. The lowest BCUT2D eigenvalue weighted by molar-refractivity contribution is -0.145. The van der Waals surface area contributed by atoms with E-state index in [-0.39, 0.29) is 31.7 Å². The number of esters is 1. The number of carboxylic acids is 1. The maximum atomic E-state index is 14.7. The third kappa shape index (κ3) is 10.8. The highest BCUT2D eigenvalue weighted by Crippen LogP contribution is 2.52. The van der Waals surface area contributed by atoms with Gasteiger partial charge in [0, 0.05) is 45.7 Å². The first-order valence-electron chi connectivity index (χ1n) is 20.0. The van der Waals surface area contributed by atoms with Crippen molar-refractivity contribution in [2.24, 2.45) is 23.2 Å². The van der Waals surface area contributed by atoms with Gasteiger partial charge in [0.2, 0.25) is 11.8 Å². The van der Waals surface area contributed by atoms with Gasteiger partial charge < -0.3 is 44.9 Å². The Kier molecular flexibility index (Phi) is 14.1. The van der Waals surface area contributed by atoms with Gasteiger partial charge in [-0.1, -0.05) is 49.4 Å².